The molecule has 1 heterocycles. The zero-order chi connectivity index (χ0) is 13.7. The molecule has 4 heteroatoms. The summed E-state index contributed by atoms with van der Waals surface area (Å²) in [5.41, 5.74) is 8.14. The monoisotopic (exact) mass is 258 g/mol. The van der Waals surface area contributed by atoms with Gasteiger partial charge in [0, 0.05) is 18.7 Å². The van der Waals surface area contributed by atoms with E-state index < -0.39 is 0 Å². The van der Waals surface area contributed by atoms with Gasteiger partial charge in [0.25, 0.3) is 5.91 Å². The first-order valence-corrected chi connectivity index (χ1v) is 6.39. The fourth-order valence-corrected chi connectivity index (χ4v) is 1.92. The maximum atomic E-state index is 11.9. The van der Waals surface area contributed by atoms with Crippen molar-refractivity contribution in [3.05, 3.63) is 53.5 Å². The lowest BCUT2D eigenvalue weighted by Crippen LogP contribution is -2.26. The number of nitrogen functional groups attached to an aromatic ring is 1. The maximum absolute atomic E-state index is 11.9. The van der Waals surface area contributed by atoms with Crippen LogP contribution in [0, 0.1) is 0 Å². The summed E-state index contributed by atoms with van der Waals surface area (Å²) in [5, 5.41) is 2.89. The minimum atomic E-state index is -0.0824. The summed E-state index contributed by atoms with van der Waals surface area (Å²) >= 11 is 0. The van der Waals surface area contributed by atoms with Crippen LogP contribution in [-0.2, 0) is 12.8 Å². The third-order valence-electron chi connectivity index (χ3n) is 2.99. The van der Waals surface area contributed by atoms with Gasteiger partial charge in [-0.1, -0.05) is 19.1 Å². The Bertz CT molecular complexity index is 544. The Morgan fingerprint density at radius 3 is 2.68 bits per heavy atom. The molecule has 3 N–H and O–H groups in total. The first-order chi connectivity index (χ1) is 9.20. The van der Waals surface area contributed by atoms with E-state index >= 15 is 0 Å². The number of hydrogen-bond acceptors (Lipinski definition) is 3. The van der Waals surface area contributed by atoms with Crippen LogP contribution in [0.25, 0.3) is 0 Å². The van der Waals surface area contributed by atoms with E-state index in [9.17, 15) is 4.79 Å². The van der Waals surface area contributed by atoms with Gasteiger partial charge < -0.3 is 15.5 Å². The predicted octanol–water partition coefficient (Wildman–Crippen LogP) is 2.40. The second-order valence-electron chi connectivity index (χ2n) is 4.36. The van der Waals surface area contributed by atoms with Crippen LogP contribution in [0.15, 0.2) is 41.0 Å². The second kappa shape index (κ2) is 6.09. The number of aryl methyl sites for hydroxylation is 1. The summed E-state index contributed by atoms with van der Waals surface area (Å²) in [6, 6.07) is 9.37. The van der Waals surface area contributed by atoms with Gasteiger partial charge >= 0.3 is 0 Å². The van der Waals surface area contributed by atoms with Gasteiger partial charge in [0.05, 0.1) is 11.8 Å². The van der Waals surface area contributed by atoms with Crippen molar-refractivity contribution in [1.82, 2.24) is 5.32 Å². The highest BCUT2D eigenvalue weighted by molar-refractivity contribution is 5.95. The number of benzene rings is 1. The molecular weight excluding hydrogens is 240 g/mol. The van der Waals surface area contributed by atoms with E-state index in [0.717, 1.165) is 23.4 Å². The molecule has 0 atom stereocenters. The van der Waals surface area contributed by atoms with Gasteiger partial charge in [-0.2, -0.15) is 0 Å². The van der Waals surface area contributed by atoms with Crippen molar-refractivity contribution >= 4 is 11.6 Å². The van der Waals surface area contributed by atoms with Crippen molar-refractivity contribution in [1.29, 1.82) is 0 Å². The minimum absolute atomic E-state index is 0.0824. The molecule has 1 amide bonds. The van der Waals surface area contributed by atoms with Crippen molar-refractivity contribution in [3.8, 4) is 0 Å². The molecule has 1 aromatic carbocycles. The minimum Gasteiger partial charge on any atom is -0.469 e. The van der Waals surface area contributed by atoms with E-state index in [2.05, 4.69) is 5.32 Å². The fraction of sp³-hybridized carbons (Fsp3) is 0.267. The molecule has 0 spiro atoms. The van der Waals surface area contributed by atoms with E-state index in [1.807, 2.05) is 31.2 Å². The summed E-state index contributed by atoms with van der Waals surface area (Å²) in [4.78, 5) is 11.9. The maximum Gasteiger partial charge on any atom is 0.254 e. The Hall–Kier alpha value is -2.23. The number of carbonyl (C=O) groups is 1. The molecule has 4 nitrogen and oxygen atoms in total. The molecule has 2 aromatic rings. The van der Waals surface area contributed by atoms with Crippen LogP contribution in [0.3, 0.4) is 0 Å². The standard InChI is InChI=1S/C15H18N2O2/c1-2-14-13(8-10-19-14)15(18)17-9-7-11-3-5-12(16)6-4-11/h3-6,8,10H,2,7,9,16H2,1H3,(H,17,18). The van der Waals surface area contributed by atoms with Gasteiger partial charge in [0.15, 0.2) is 0 Å². The van der Waals surface area contributed by atoms with Gasteiger partial charge in [0.1, 0.15) is 5.76 Å². The SMILES string of the molecule is CCc1occc1C(=O)NCCc1ccc(N)cc1. The summed E-state index contributed by atoms with van der Waals surface area (Å²) in [5.74, 6) is 0.644. The highest BCUT2D eigenvalue weighted by atomic mass is 16.3. The number of hydrogen-bond donors (Lipinski definition) is 2. The highest BCUT2D eigenvalue weighted by Gasteiger charge is 2.12. The van der Waals surface area contributed by atoms with Gasteiger partial charge in [-0.15, -0.1) is 0 Å². The summed E-state index contributed by atoms with van der Waals surface area (Å²) in [6.45, 7) is 2.56. The Morgan fingerprint density at radius 1 is 1.26 bits per heavy atom. The van der Waals surface area contributed by atoms with Crippen molar-refractivity contribution in [2.45, 2.75) is 19.8 Å². The predicted molar refractivity (Wildman–Crippen MR) is 75.0 cm³/mol. The van der Waals surface area contributed by atoms with Crippen molar-refractivity contribution in [2.75, 3.05) is 12.3 Å². The van der Waals surface area contributed by atoms with Gasteiger partial charge in [-0.3, -0.25) is 4.79 Å². The molecule has 1 aromatic heterocycles. The Labute approximate surface area is 112 Å². The lowest BCUT2D eigenvalue weighted by Gasteiger charge is -2.05. The van der Waals surface area contributed by atoms with Crippen molar-refractivity contribution in [2.24, 2.45) is 0 Å². The summed E-state index contributed by atoms with van der Waals surface area (Å²) < 4.78 is 5.24. The number of anilines is 1. The molecule has 0 saturated carbocycles. The number of nitrogens with one attached hydrogen (secondary N) is 1. The summed E-state index contributed by atoms with van der Waals surface area (Å²) in [7, 11) is 0. The number of carbonyl (C=O) groups excluding carboxylic acids is 1. The van der Waals surface area contributed by atoms with E-state index in [0.29, 0.717) is 18.5 Å². The molecule has 0 fully saturated rings. The average Bonchev–Trinajstić information content (AvgIpc) is 2.89. The zero-order valence-corrected chi connectivity index (χ0v) is 11.0. The van der Waals surface area contributed by atoms with Crippen LogP contribution in [0.5, 0.6) is 0 Å². The van der Waals surface area contributed by atoms with Gasteiger partial charge in [-0.05, 0) is 30.2 Å². The molecule has 0 radical (unpaired) electrons. The largest absolute Gasteiger partial charge is 0.469 e. The molecule has 0 aliphatic heterocycles. The van der Waals surface area contributed by atoms with Gasteiger partial charge in [-0.25, -0.2) is 0 Å². The smallest absolute Gasteiger partial charge is 0.254 e. The molecule has 0 bridgehead atoms. The van der Waals surface area contributed by atoms with Crippen LogP contribution >= 0.6 is 0 Å². The van der Waals surface area contributed by atoms with Crippen LogP contribution in [-0.4, -0.2) is 12.5 Å². The zero-order valence-electron chi connectivity index (χ0n) is 11.0. The average molecular weight is 258 g/mol. The molecule has 0 aliphatic rings. The first kappa shape index (κ1) is 13.2. The number of nitrogens with two attached hydrogens (primary N) is 1. The third kappa shape index (κ3) is 3.37. The number of rotatable bonds is 5. The lowest BCUT2D eigenvalue weighted by molar-refractivity contribution is 0.0952. The van der Waals surface area contributed by atoms with E-state index in [4.69, 9.17) is 10.2 Å². The molecule has 100 valence electrons. The number of furan rings is 1. The fourth-order valence-electron chi connectivity index (χ4n) is 1.92. The molecule has 2 rings (SSSR count). The number of amides is 1. The van der Waals surface area contributed by atoms with Crippen molar-refractivity contribution in [3.63, 3.8) is 0 Å². The summed E-state index contributed by atoms with van der Waals surface area (Å²) in [6.07, 6.45) is 3.05. The first-order valence-electron chi connectivity index (χ1n) is 6.39. The van der Waals surface area contributed by atoms with Crippen molar-refractivity contribution < 1.29 is 9.21 Å². The molecular formula is C15H18N2O2. The van der Waals surface area contributed by atoms with E-state index in [1.54, 1.807) is 12.3 Å². The molecule has 0 aliphatic carbocycles. The van der Waals surface area contributed by atoms with E-state index in [1.165, 1.54) is 0 Å². The van der Waals surface area contributed by atoms with Crippen LogP contribution in [0.4, 0.5) is 5.69 Å². The van der Waals surface area contributed by atoms with Crippen LogP contribution in [0.1, 0.15) is 28.6 Å². The normalized spacial score (nSPS) is 10.4. The van der Waals surface area contributed by atoms with Crippen LogP contribution in [0.2, 0.25) is 0 Å². The molecule has 0 saturated heterocycles. The Balaban J connectivity index is 1.86. The van der Waals surface area contributed by atoms with Crippen LogP contribution < -0.4 is 11.1 Å². The second-order valence-corrected chi connectivity index (χ2v) is 4.36. The Morgan fingerprint density at radius 2 is 2.00 bits per heavy atom. The lowest BCUT2D eigenvalue weighted by atomic mass is 10.1. The third-order valence-corrected chi connectivity index (χ3v) is 2.99. The Kier molecular flexibility index (Phi) is 4.23. The topological polar surface area (TPSA) is 68.3 Å². The van der Waals surface area contributed by atoms with E-state index in [-0.39, 0.29) is 5.91 Å². The molecule has 19 heavy (non-hydrogen) atoms. The molecule has 0 unspecified atom stereocenters. The highest BCUT2D eigenvalue weighted by Crippen LogP contribution is 2.11. The quantitative estimate of drug-likeness (QED) is 0.809. The van der Waals surface area contributed by atoms with Gasteiger partial charge in [0.2, 0.25) is 0 Å².